The summed E-state index contributed by atoms with van der Waals surface area (Å²) in [6.07, 6.45) is -5.77. The number of carboxylic acids is 1. The van der Waals surface area contributed by atoms with Gasteiger partial charge in [0.2, 0.25) is 5.88 Å². The number of halogens is 3. The van der Waals surface area contributed by atoms with E-state index >= 15 is 0 Å². The van der Waals surface area contributed by atoms with Gasteiger partial charge in [-0.05, 0) is 49.7 Å². The quantitative estimate of drug-likeness (QED) is 0.457. The molecule has 1 heterocycles. The van der Waals surface area contributed by atoms with Crippen LogP contribution in [0.2, 0.25) is 0 Å². The molecule has 0 saturated heterocycles. The predicted octanol–water partition coefficient (Wildman–Crippen LogP) is 4.58. The molecule has 0 aliphatic heterocycles. The van der Waals surface area contributed by atoms with Crippen LogP contribution in [0, 0.1) is 6.92 Å². The van der Waals surface area contributed by atoms with Crippen LogP contribution in [0.1, 0.15) is 51.9 Å². The topological polar surface area (TPSA) is 96.6 Å². The molecular formula is C22H22F3N3O4. The van der Waals surface area contributed by atoms with Crippen LogP contribution in [0.5, 0.6) is 11.6 Å². The van der Waals surface area contributed by atoms with Crippen molar-refractivity contribution in [3.8, 4) is 11.6 Å². The molecule has 32 heavy (non-hydrogen) atoms. The average Bonchev–Trinajstić information content (AvgIpc) is 3.00. The van der Waals surface area contributed by atoms with Crippen molar-refractivity contribution in [1.29, 1.82) is 0 Å². The second kappa shape index (κ2) is 9.01. The fourth-order valence-electron chi connectivity index (χ4n) is 3.27. The summed E-state index contributed by atoms with van der Waals surface area (Å²) in [5, 5.41) is 27.0. The number of aliphatic hydroxyl groups is 1. The lowest BCUT2D eigenvalue weighted by Gasteiger charge is -2.21. The van der Waals surface area contributed by atoms with E-state index in [-0.39, 0.29) is 28.8 Å². The number of ether oxygens (including phenoxy) is 1. The second-order valence-corrected chi connectivity index (χ2v) is 7.27. The third kappa shape index (κ3) is 5.09. The molecule has 1 aromatic heterocycles. The molecule has 0 saturated carbocycles. The first-order chi connectivity index (χ1) is 15.0. The summed E-state index contributed by atoms with van der Waals surface area (Å²) in [6, 6.07) is 10.2. The van der Waals surface area contributed by atoms with E-state index in [4.69, 9.17) is 9.84 Å². The van der Waals surface area contributed by atoms with Gasteiger partial charge >= 0.3 is 12.1 Å². The van der Waals surface area contributed by atoms with Crippen LogP contribution in [0.15, 0.2) is 48.5 Å². The molecule has 0 amide bonds. The van der Waals surface area contributed by atoms with Crippen molar-refractivity contribution in [2.24, 2.45) is 7.05 Å². The van der Waals surface area contributed by atoms with Crippen molar-refractivity contribution >= 4 is 5.97 Å². The Hall–Kier alpha value is -3.37. The molecular weight excluding hydrogens is 427 g/mol. The van der Waals surface area contributed by atoms with Gasteiger partial charge in [-0.1, -0.05) is 18.2 Å². The maximum absolute atomic E-state index is 13.0. The number of rotatable bonds is 7. The molecule has 10 heteroatoms. The van der Waals surface area contributed by atoms with Crippen molar-refractivity contribution in [2.45, 2.75) is 32.3 Å². The maximum atomic E-state index is 13.0. The number of aromatic nitrogens is 2. The Bertz CT molecular complexity index is 1110. The second-order valence-electron chi connectivity index (χ2n) is 7.27. The molecule has 3 N–H and O–H groups in total. The third-order valence-corrected chi connectivity index (χ3v) is 4.93. The number of carboxylic acid groups (broad SMARTS) is 1. The van der Waals surface area contributed by atoms with E-state index in [1.54, 1.807) is 33.0 Å². The van der Waals surface area contributed by atoms with Crippen molar-refractivity contribution in [1.82, 2.24) is 15.1 Å². The fourth-order valence-corrected chi connectivity index (χ4v) is 3.27. The number of nitrogens with one attached hydrogen (secondary N) is 1. The smallest absolute Gasteiger partial charge is 0.416 e. The van der Waals surface area contributed by atoms with Crippen molar-refractivity contribution in [2.75, 3.05) is 0 Å². The molecule has 0 fully saturated rings. The normalized spacial score (nSPS) is 13.6. The Morgan fingerprint density at radius 2 is 1.84 bits per heavy atom. The molecule has 0 aliphatic rings. The van der Waals surface area contributed by atoms with E-state index in [0.29, 0.717) is 5.69 Å². The summed E-state index contributed by atoms with van der Waals surface area (Å²) >= 11 is 0. The van der Waals surface area contributed by atoms with Crippen LogP contribution in [-0.2, 0) is 13.2 Å². The van der Waals surface area contributed by atoms with Gasteiger partial charge in [-0.3, -0.25) is 5.32 Å². The van der Waals surface area contributed by atoms with Gasteiger partial charge in [0.25, 0.3) is 0 Å². The van der Waals surface area contributed by atoms with Crippen LogP contribution in [-0.4, -0.2) is 26.0 Å². The molecule has 7 nitrogen and oxygen atoms in total. The zero-order valence-corrected chi connectivity index (χ0v) is 17.5. The minimum atomic E-state index is -4.52. The Balaban J connectivity index is 1.83. The molecule has 2 aromatic carbocycles. The molecule has 3 rings (SSSR count). The van der Waals surface area contributed by atoms with Crippen LogP contribution >= 0.6 is 0 Å². The molecule has 2 atom stereocenters. The summed E-state index contributed by atoms with van der Waals surface area (Å²) in [5.41, 5.74) is 0.728. The van der Waals surface area contributed by atoms with Crippen molar-refractivity contribution in [3.63, 3.8) is 0 Å². The molecule has 0 spiro atoms. The number of hydrogen-bond donors (Lipinski definition) is 3. The number of aryl methyl sites for hydroxylation is 2. The number of alkyl halides is 3. The Labute approximate surface area is 182 Å². The number of nitrogens with zero attached hydrogens (tertiary/aromatic N) is 2. The van der Waals surface area contributed by atoms with E-state index in [2.05, 4.69) is 10.4 Å². The van der Waals surface area contributed by atoms with Crippen LogP contribution < -0.4 is 10.1 Å². The van der Waals surface area contributed by atoms with E-state index in [1.165, 1.54) is 28.9 Å². The largest absolute Gasteiger partial charge is 0.478 e. The van der Waals surface area contributed by atoms with Crippen LogP contribution in [0.25, 0.3) is 0 Å². The van der Waals surface area contributed by atoms with Gasteiger partial charge in [0.15, 0.2) is 0 Å². The lowest BCUT2D eigenvalue weighted by Crippen LogP contribution is -2.25. The highest BCUT2D eigenvalue weighted by Crippen LogP contribution is 2.35. The average molecular weight is 449 g/mol. The van der Waals surface area contributed by atoms with E-state index in [0.717, 1.165) is 17.7 Å². The van der Waals surface area contributed by atoms with E-state index < -0.39 is 23.9 Å². The van der Waals surface area contributed by atoms with Gasteiger partial charge in [0.1, 0.15) is 12.0 Å². The summed E-state index contributed by atoms with van der Waals surface area (Å²) in [5.74, 6) is -0.997. The summed E-state index contributed by atoms with van der Waals surface area (Å²) in [7, 11) is 1.56. The zero-order chi connectivity index (χ0) is 23.6. The minimum Gasteiger partial charge on any atom is -0.478 e. The first-order valence-corrected chi connectivity index (χ1v) is 9.63. The molecule has 0 aliphatic carbocycles. The lowest BCUT2D eigenvalue weighted by atomic mass is 10.1. The summed E-state index contributed by atoms with van der Waals surface area (Å²) in [6.45, 7) is 3.42. The molecule has 0 bridgehead atoms. The number of aliphatic hydroxyl groups excluding tert-OH is 1. The van der Waals surface area contributed by atoms with Gasteiger partial charge in [-0.15, -0.1) is 0 Å². The Morgan fingerprint density at radius 1 is 1.19 bits per heavy atom. The molecule has 0 radical (unpaired) electrons. The third-order valence-electron chi connectivity index (χ3n) is 4.93. The van der Waals surface area contributed by atoms with Gasteiger partial charge in [0, 0.05) is 13.1 Å². The number of carbonyl (C=O) groups is 1. The van der Waals surface area contributed by atoms with Gasteiger partial charge < -0.3 is 14.9 Å². The number of hydrogen-bond acceptors (Lipinski definition) is 5. The van der Waals surface area contributed by atoms with Gasteiger partial charge in [-0.2, -0.15) is 18.3 Å². The van der Waals surface area contributed by atoms with Crippen LogP contribution in [0.4, 0.5) is 13.2 Å². The highest BCUT2D eigenvalue weighted by molar-refractivity contribution is 5.87. The van der Waals surface area contributed by atoms with Crippen molar-refractivity contribution in [3.05, 3.63) is 76.5 Å². The molecule has 170 valence electrons. The molecule has 3 aromatic rings. The van der Waals surface area contributed by atoms with Gasteiger partial charge in [-0.25, -0.2) is 9.48 Å². The monoisotopic (exact) mass is 449 g/mol. The van der Waals surface area contributed by atoms with Crippen molar-refractivity contribution < 1.29 is 32.9 Å². The summed E-state index contributed by atoms with van der Waals surface area (Å²) < 4.78 is 46.1. The number of benzene rings is 2. The highest BCUT2D eigenvalue weighted by atomic mass is 19.4. The Morgan fingerprint density at radius 3 is 2.44 bits per heavy atom. The molecule has 1 unspecified atom stereocenters. The number of aromatic carboxylic acids is 1. The van der Waals surface area contributed by atoms with Gasteiger partial charge in [0.05, 0.1) is 22.4 Å². The summed E-state index contributed by atoms with van der Waals surface area (Å²) in [4.78, 5) is 11.0. The van der Waals surface area contributed by atoms with Crippen LogP contribution in [0.3, 0.4) is 0 Å². The van der Waals surface area contributed by atoms with E-state index in [9.17, 15) is 23.1 Å². The standard InChI is InChI=1S/C22H22F3N3O4/c1-12(14-7-9-15(10-8-14)21(30)31)26-19(29)18-13(2)27-28(3)20(18)32-17-6-4-5-16(11-17)22(23,24)25/h4-12,19,26,29H,1-3H3,(H,30,31)/t12-,19?/m0/s1. The fraction of sp³-hybridized carbons (Fsp3) is 0.273. The first-order valence-electron chi connectivity index (χ1n) is 9.63. The zero-order valence-electron chi connectivity index (χ0n) is 17.5. The first kappa shape index (κ1) is 23.3. The lowest BCUT2D eigenvalue weighted by molar-refractivity contribution is -0.137. The van der Waals surface area contributed by atoms with E-state index in [1.807, 2.05) is 0 Å². The minimum absolute atomic E-state index is 0.0476. The SMILES string of the molecule is Cc1nn(C)c(Oc2cccc(C(F)(F)F)c2)c1C(O)N[C@@H](C)c1ccc(C(=O)O)cc1. The maximum Gasteiger partial charge on any atom is 0.416 e. The highest BCUT2D eigenvalue weighted by Gasteiger charge is 2.31. The Kier molecular flexibility index (Phi) is 6.56. The predicted molar refractivity (Wildman–Crippen MR) is 109 cm³/mol.